The molecule has 2 aliphatic heterocycles. The van der Waals surface area contributed by atoms with Crippen LogP contribution in [-0.4, -0.2) is 76.3 Å². The van der Waals surface area contributed by atoms with Gasteiger partial charge < -0.3 is 21.5 Å². The maximum Gasteiger partial charge on any atom is 0.323 e. The van der Waals surface area contributed by atoms with E-state index in [0.29, 0.717) is 43.2 Å². The highest BCUT2D eigenvalue weighted by Crippen LogP contribution is 2.38. The number of nitrogens with two attached hydrogens (primary N) is 2. The van der Waals surface area contributed by atoms with Crippen LogP contribution in [0.1, 0.15) is 58.3 Å². The SMILES string of the molecule is C[C@H](N)C(=O)NC(=O)[C@@H]1CC(C2CCCCC2)CN1CC1CCC(C(=N)N)=CN1CC(=O)O.Cl. The molecule has 3 rings (SSSR count). The summed E-state index contributed by atoms with van der Waals surface area (Å²) in [7, 11) is 0. The standard InChI is InChI=1S/C23H38N6O4.ClH/c1-14(24)22(32)27-23(33)19-9-17(15-5-3-2-4-6-15)11-29(19)12-18-8-7-16(21(25)26)10-28(18)13-20(30)31;/h10,14-15,17-19H,2-9,11-13,24H2,1H3,(H3,25,26)(H,30,31)(H,27,32,33);1H/t14-,17?,18?,19-;/m0./s1. The molecule has 7 N–H and O–H groups in total. The van der Waals surface area contributed by atoms with Crippen LogP contribution in [0.25, 0.3) is 0 Å². The molecular weight excluding hydrogens is 460 g/mol. The second-order valence-corrected chi connectivity index (χ2v) is 9.83. The van der Waals surface area contributed by atoms with E-state index in [-0.39, 0.29) is 36.7 Å². The molecule has 2 unspecified atom stereocenters. The van der Waals surface area contributed by atoms with Crippen molar-refractivity contribution in [2.45, 2.75) is 76.4 Å². The topological polar surface area (TPSA) is 166 Å². The van der Waals surface area contributed by atoms with Gasteiger partial charge in [-0.25, -0.2) is 0 Å². The van der Waals surface area contributed by atoms with Gasteiger partial charge >= 0.3 is 5.97 Å². The van der Waals surface area contributed by atoms with E-state index < -0.39 is 24.0 Å². The summed E-state index contributed by atoms with van der Waals surface area (Å²) in [6, 6.07) is -1.32. The minimum absolute atomic E-state index is 0. The quantitative estimate of drug-likeness (QED) is 0.244. The number of hydrogen-bond donors (Lipinski definition) is 5. The van der Waals surface area contributed by atoms with Crippen molar-refractivity contribution in [3.05, 3.63) is 11.8 Å². The normalized spacial score (nSPS) is 26.8. The van der Waals surface area contributed by atoms with E-state index in [2.05, 4.69) is 10.2 Å². The van der Waals surface area contributed by atoms with Crippen LogP contribution in [0.5, 0.6) is 0 Å². The number of likely N-dealkylation sites (tertiary alicyclic amines) is 1. The van der Waals surface area contributed by atoms with E-state index in [1.807, 2.05) is 0 Å². The Balaban J connectivity index is 0.00000408. The van der Waals surface area contributed by atoms with Gasteiger partial charge in [0.05, 0.1) is 12.1 Å². The zero-order valence-corrected chi connectivity index (χ0v) is 20.7. The van der Waals surface area contributed by atoms with Gasteiger partial charge in [-0.3, -0.25) is 30.0 Å². The number of imide groups is 1. The minimum Gasteiger partial charge on any atom is -0.480 e. The number of hydrogen-bond acceptors (Lipinski definition) is 7. The molecule has 2 amide bonds. The molecule has 1 aliphatic carbocycles. The fourth-order valence-electron chi connectivity index (χ4n) is 5.54. The Morgan fingerprint density at radius 3 is 2.47 bits per heavy atom. The number of carboxylic acids is 1. The molecule has 3 aliphatic rings. The van der Waals surface area contributed by atoms with E-state index in [1.165, 1.54) is 32.1 Å². The van der Waals surface area contributed by atoms with E-state index in [0.717, 1.165) is 6.54 Å². The summed E-state index contributed by atoms with van der Waals surface area (Å²) in [5.41, 5.74) is 11.9. The molecule has 0 radical (unpaired) electrons. The predicted octanol–water partition coefficient (Wildman–Crippen LogP) is 1.04. The summed E-state index contributed by atoms with van der Waals surface area (Å²) in [4.78, 5) is 40.4. The third kappa shape index (κ3) is 7.16. The molecular formula is C23H39ClN6O4. The number of carbonyl (C=O) groups excluding carboxylic acids is 2. The van der Waals surface area contributed by atoms with Crippen molar-refractivity contribution >= 4 is 36.0 Å². The lowest BCUT2D eigenvalue weighted by Crippen LogP contribution is -2.52. The first-order valence-electron chi connectivity index (χ1n) is 12.0. The number of halogens is 1. The zero-order valence-electron chi connectivity index (χ0n) is 19.9. The lowest BCUT2D eigenvalue weighted by molar-refractivity contribution is -0.139. The number of aliphatic carboxylic acids is 1. The molecule has 0 spiro atoms. The van der Waals surface area contributed by atoms with Crippen molar-refractivity contribution in [3.8, 4) is 0 Å². The van der Waals surface area contributed by atoms with Crippen molar-refractivity contribution in [1.29, 1.82) is 5.41 Å². The van der Waals surface area contributed by atoms with E-state index in [1.54, 1.807) is 18.0 Å². The van der Waals surface area contributed by atoms with Crippen LogP contribution >= 0.6 is 12.4 Å². The number of carbonyl (C=O) groups is 3. The number of carboxylic acid groups (broad SMARTS) is 1. The first-order valence-corrected chi connectivity index (χ1v) is 12.0. The van der Waals surface area contributed by atoms with E-state index >= 15 is 0 Å². The fraction of sp³-hybridized carbons (Fsp3) is 0.739. The molecule has 2 heterocycles. The molecule has 34 heavy (non-hydrogen) atoms. The number of rotatable bonds is 8. The highest BCUT2D eigenvalue weighted by atomic mass is 35.5. The average Bonchev–Trinajstić information content (AvgIpc) is 3.19. The van der Waals surface area contributed by atoms with Gasteiger partial charge in [-0.1, -0.05) is 32.1 Å². The second-order valence-electron chi connectivity index (χ2n) is 9.83. The van der Waals surface area contributed by atoms with Gasteiger partial charge in [-0.15, -0.1) is 12.4 Å². The summed E-state index contributed by atoms with van der Waals surface area (Å²) in [5, 5.41) is 19.6. The van der Waals surface area contributed by atoms with Crippen LogP contribution in [0.4, 0.5) is 0 Å². The Morgan fingerprint density at radius 1 is 1.21 bits per heavy atom. The molecule has 192 valence electrons. The van der Waals surface area contributed by atoms with Gasteiger partial charge in [0.1, 0.15) is 12.4 Å². The molecule has 0 aromatic rings. The number of nitrogens with zero attached hydrogens (tertiary/aromatic N) is 2. The third-order valence-electron chi connectivity index (χ3n) is 7.36. The smallest absolute Gasteiger partial charge is 0.323 e. The first kappa shape index (κ1) is 28.1. The molecule has 0 aromatic heterocycles. The number of nitrogens with one attached hydrogen (secondary N) is 2. The Labute approximate surface area is 207 Å². The first-order chi connectivity index (χ1) is 15.7. The zero-order chi connectivity index (χ0) is 24.1. The largest absolute Gasteiger partial charge is 0.480 e. The summed E-state index contributed by atoms with van der Waals surface area (Å²) >= 11 is 0. The Morgan fingerprint density at radius 2 is 1.88 bits per heavy atom. The second kappa shape index (κ2) is 12.5. The molecule has 11 heteroatoms. The maximum atomic E-state index is 13.0. The van der Waals surface area contributed by atoms with Gasteiger partial charge in [-0.2, -0.15) is 0 Å². The van der Waals surface area contributed by atoms with Crippen LogP contribution in [0.3, 0.4) is 0 Å². The van der Waals surface area contributed by atoms with Crippen molar-refractivity contribution in [1.82, 2.24) is 15.1 Å². The number of amides is 2. The molecule has 0 bridgehead atoms. The van der Waals surface area contributed by atoms with Crippen LogP contribution in [0.2, 0.25) is 0 Å². The Bertz CT molecular complexity index is 798. The van der Waals surface area contributed by atoms with Crippen LogP contribution in [0, 0.1) is 17.2 Å². The van der Waals surface area contributed by atoms with Crippen LogP contribution in [0.15, 0.2) is 11.8 Å². The highest BCUT2D eigenvalue weighted by Gasteiger charge is 2.42. The van der Waals surface area contributed by atoms with Gasteiger partial charge in [0.15, 0.2) is 0 Å². The lowest BCUT2D eigenvalue weighted by Gasteiger charge is -2.38. The summed E-state index contributed by atoms with van der Waals surface area (Å²) in [6.07, 6.45) is 9.65. The van der Waals surface area contributed by atoms with Crippen LogP contribution in [-0.2, 0) is 14.4 Å². The summed E-state index contributed by atoms with van der Waals surface area (Å²) in [6.45, 7) is 2.63. The van der Waals surface area contributed by atoms with Gasteiger partial charge in [0, 0.05) is 30.9 Å². The third-order valence-corrected chi connectivity index (χ3v) is 7.36. The van der Waals surface area contributed by atoms with Crippen molar-refractivity contribution in [2.24, 2.45) is 23.3 Å². The molecule has 0 aromatic carbocycles. The summed E-state index contributed by atoms with van der Waals surface area (Å²) in [5.74, 6) is -0.856. The van der Waals surface area contributed by atoms with Crippen LogP contribution < -0.4 is 16.8 Å². The maximum absolute atomic E-state index is 13.0. The van der Waals surface area contributed by atoms with Crippen molar-refractivity contribution in [2.75, 3.05) is 19.6 Å². The molecule has 2 fully saturated rings. The van der Waals surface area contributed by atoms with Gasteiger partial charge in [0.2, 0.25) is 11.8 Å². The van der Waals surface area contributed by atoms with Gasteiger partial charge in [-0.05, 0) is 38.0 Å². The average molecular weight is 499 g/mol. The van der Waals surface area contributed by atoms with Crippen molar-refractivity contribution < 1.29 is 19.5 Å². The van der Waals surface area contributed by atoms with Crippen molar-refractivity contribution in [3.63, 3.8) is 0 Å². The monoisotopic (exact) mass is 498 g/mol. The van der Waals surface area contributed by atoms with Gasteiger partial charge in [0.25, 0.3) is 0 Å². The molecule has 1 saturated heterocycles. The lowest BCUT2D eigenvalue weighted by atomic mass is 9.79. The van der Waals surface area contributed by atoms with E-state index in [9.17, 15) is 19.5 Å². The summed E-state index contributed by atoms with van der Waals surface area (Å²) < 4.78 is 0. The molecule has 10 nitrogen and oxygen atoms in total. The number of amidine groups is 1. The fourth-order valence-corrected chi connectivity index (χ4v) is 5.54. The molecule has 1 saturated carbocycles. The van der Waals surface area contributed by atoms with E-state index in [4.69, 9.17) is 16.9 Å². The Kier molecular flexibility index (Phi) is 10.3. The molecule has 4 atom stereocenters. The Hall–Kier alpha value is -2.17. The highest BCUT2D eigenvalue weighted by molar-refractivity contribution is 5.99. The minimum atomic E-state index is -0.959. The predicted molar refractivity (Wildman–Crippen MR) is 131 cm³/mol.